The Hall–Kier alpha value is -2.00. The second-order valence-corrected chi connectivity index (χ2v) is 6.52. The average Bonchev–Trinajstić information content (AvgIpc) is 2.57. The number of Topliss-reactive ketones (excluding diaryl/α,β-unsaturated/α-hetero) is 2. The lowest BCUT2D eigenvalue weighted by Gasteiger charge is -2.23. The maximum absolute atomic E-state index is 13.7. The predicted octanol–water partition coefficient (Wildman–Crippen LogP) is 5.11. The minimum Gasteiger partial charge on any atom is -0.299 e. The zero-order valence-electron chi connectivity index (χ0n) is 13.4. The van der Waals surface area contributed by atoms with Crippen LogP contribution in [0.15, 0.2) is 36.4 Å². The van der Waals surface area contributed by atoms with E-state index in [-0.39, 0.29) is 16.6 Å². The molecule has 0 radical (unpaired) electrons. The van der Waals surface area contributed by atoms with Crippen LogP contribution >= 0.6 is 11.6 Å². The van der Waals surface area contributed by atoms with Crippen molar-refractivity contribution in [1.82, 2.24) is 0 Å². The van der Waals surface area contributed by atoms with Crippen LogP contribution < -0.4 is 0 Å². The highest BCUT2D eigenvalue weighted by Crippen LogP contribution is 2.33. The quantitative estimate of drug-likeness (QED) is 0.725. The van der Waals surface area contributed by atoms with Crippen LogP contribution in [0.4, 0.5) is 4.39 Å². The summed E-state index contributed by atoms with van der Waals surface area (Å²) >= 11 is 5.74. The van der Waals surface area contributed by atoms with Gasteiger partial charge in [0, 0.05) is 12.8 Å². The number of hydrogen-bond donors (Lipinski definition) is 0. The number of halogens is 2. The van der Waals surface area contributed by atoms with Crippen LogP contribution in [0.2, 0.25) is 5.02 Å². The SMILES string of the molecule is CCc1ccc(-c2ccc(Cl)c(F)c2)cc1C1C(=O)CCCC1=O. The van der Waals surface area contributed by atoms with Gasteiger partial charge >= 0.3 is 0 Å². The lowest BCUT2D eigenvalue weighted by Crippen LogP contribution is -2.27. The Morgan fingerprint density at radius 3 is 2.29 bits per heavy atom. The van der Waals surface area contributed by atoms with E-state index in [1.807, 2.05) is 25.1 Å². The monoisotopic (exact) mass is 344 g/mol. The van der Waals surface area contributed by atoms with Crippen LogP contribution in [0.3, 0.4) is 0 Å². The molecule has 1 fully saturated rings. The van der Waals surface area contributed by atoms with E-state index in [2.05, 4.69) is 0 Å². The molecule has 0 unspecified atom stereocenters. The lowest BCUT2D eigenvalue weighted by molar-refractivity contribution is -0.131. The van der Waals surface area contributed by atoms with Gasteiger partial charge in [0.1, 0.15) is 23.3 Å². The summed E-state index contributed by atoms with van der Waals surface area (Å²) in [5, 5.41) is 0.0711. The molecule has 2 aromatic carbocycles. The minimum atomic E-state index is -0.675. The molecule has 0 atom stereocenters. The molecule has 0 aliphatic heterocycles. The Morgan fingerprint density at radius 1 is 1.04 bits per heavy atom. The second kappa shape index (κ2) is 6.86. The van der Waals surface area contributed by atoms with Gasteiger partial charge in [-0.1, -0.05) is 36.7 Å². The van der Waals surface area contributed by atoms with Gasteiger partial charge in [-0.2, -0.15) is 0 Å². The van der Waals surface area contributed by atoms with Crippen molar-refractivity contribution in [1.29, 1.82) is 0 Å². The lowest BCUT2D eigenvalue weighted by atomic mass is 9.79. The van der Waals surface area contributed by atoms with Crippen LogP contribution in [0.25, 0.3) is 11.1 Å². The largest absolute Gasteiger partial charge is 0.299 e. The van der Waals surface area contributed by atoms with Crippen molar-refractivity contribution in [3.63, 3.8) is 0 Å². The van der Waals surface area contributed by atoms with Crippen molar-refractivity contribution in [2.24, 2.45) is 0 Å². The number of hydrogen-bond acceptors (Lipinski definition) is 2. The van der Waals surface area contributed by atoms with Gasteiger partial charge in [-0.15, -0.1) is 0 Å². The third kappa shape index (κ3) is 3.13. The van der Waals surface area contributed by atoms with Gasteiger partial charge in [0.05, 0.1) is 5.02 Å². The van der Waals surface area contributed by atoms with Gasteiger partial charge < -0.3 is 0 Å². The Labute approximate surface area is 145 Å². The van der Waals surface area contributed by atoms with Crippen LogP contribution in [-0.4, -0.2) is 11.6 Å². The molecule has 4 heteroatoms. The first kappa shape index (κ1) is 16.8. The van der Waals surface area contributed by atoms with Crippen LogP contribution in [0.1, 0.15) is 43.2 Å². The fourth-order valence-electron chi connectivity index (χ4n) is 3.29. The molecule has 3 rings (SSSR count). The van der Waals surface area contributed by atoms with Crippen molar-refractivity contribution in [2.75, 3.05) is 0 Å². The van der Waals surface area contributed by atoms with Gasteiger partial charge in [0.2, 0.25) is 0 Å². The molecular formula is C20H18ClFO2. The molecule has 0 amide bonds. The summed E-state index contributed by atoms with van der Waals surface area (Å²) in [6.07, 6.45) is 2.26. The molecule has 2 aromatic rings. The van der Waals surface area contributed by atoms with E-state index in [9.17, 15) is 14.0 Å². The molecule has 1 aliphatic carbocycles. The molecule has 0 bridgehead atoms. The molecule has 0 spiro atoms. The van der Waals surface area contributed by atoms with Crippen molar-refractivity contribution >= 4 is 23.2 Å². The van der Waals surface area contributed by atoms with E-state index in [0.29, 0.717) is 24.8 Å². The molecule has 0 N–H and O–H groups in total. The molecular weight excluding hydrogens is 327 g/mol. The highest BCUT2D eigenvalue weighted by molar-refractivity contribution is 6.30. The summed E-state index contributed by atoms with van der Waals surface area (Å²) in [7, 11) is 0. The molecule has 0 saturated heterocycles. The van der Waals surface area contributed by atoms with Gasteiger partial charge in [0.15, 0.2) is 0 Å². The number of rotatable bonds is 3. The fourth-order valence-corrected chi connectivity index (χ4v) is 3.41. The van der Waals surface area contributed by atoms with Gasteiger partial charge in [0.25, 0.3) is 0 Å². The number of carbonyl (C=O) groups is 2. The molecule has 0 aromatic heterocycles. The number of aryl methyl sites for hydroxylation is 1. The minimum absolute atomic E-state index is 0.0135. The number of ketones is 2. The van der Waals surface area contributed by atoms with E-state index in [1.165, 1.54) is 12.1 Å². The van der Waals surface area contributed by atoms with E-state index in [4.69, 9.17) is 11.6 Å². The highest BCUT2D eigenvalue weighted by atomic mass is 35.5. The Kier molecular flexibility index (Phi) is 4.81. The predicted molar refractivity (Wildman–Crippen MR) is 92.8 cm³/mol. The smallest absolute Gasteiger partial charge is 0.147 e. The van der Waals surface area contributed by atoms with Crippen molar-refractivity contribution in [3.05, 3.63) is 58.4 Å². The maximum atomic E-state index is 13.7. The zero-order valence-corrected chi connectivity index (χ0v) is 14.2. The van der Waals surface area contributed by atoms with Gasteiger partial charge in [-0.25, -0.2) is 4.39 Å². The second-order valence-electron chi connectivity index (χ2n) is 6.12. The average molecular weight is 345 g/mol. The molecule has 1 saturated carbocycles. The summed E-state index contributed by atoms with van der Waals surface area (Å²) in [4.78, 5) is 24.6. The van der Waals surface area contributed by atoms with E-state index in [1.54, 1.807) is 6.07 Å². The fraction of sp³-hybridized carbons (Fsp3) is 0.300. The van der Waals surface area contributed by atoms with E-state index < -0.39 is 11.7 Å². The summed E-state index contributed by atoms with van der Waals surface area (Å²) in [6.45, 7) is 2.00. The third-order valence-electron chi connectivity index (χ3n) is 4.58. The standard InChI is InChI=1S/C20H18ClFO2/c1-2-12-6-7-13(14-8-9-16(21)17(22)11-14)10-15(12)20-18(23)4-3-5-19(20)24/h6-11,20H,2-5H2,1H3. The van der Waals surface area contributed by atoms with Crippen LogP contribution in [-0.2, 0) is 16.0 Å². The topological polar surface area (TPSA) is 34.1 Å². The normalized spacial score (nSPS) is 15.8. The Balaban J connectivity index is 2.09. The molecule has 0 heterocycles. The first-order valence-corrected chi connectivity index (χ1v) is 8.52. The summed E-state index contributed by atoms with van der Waals surface area (Å²) in [5.41, 5.74) is 3.21. The Morgan fingerprint density at radius 2 is 1.67 bits per heavy atom. The number of benzene rings is 2. The first-order valence-electron chi connectivity index (χ1n) is 8.15. The van der Waals surface area contributed by atoms with Crippen molar-refractivity contribution in [3.8, 4) is 11.1 Å². The summed E-state index contributed by atoms with van der Waals surface area (Å²) in [6, 6.07) is 10.3. The highest BCUT2D eigenvalue weighted by Gasteiger charge is 2.32. The molecule has 24 heavy (non-hydrogen) atoms. The summed E-state index contributed by atoms with van der Waals surface area (Å²) in [5.74, 6) is -1.19. The molecule has 124 valence electrons. The zero-order chi connectivity index (χ0) is 17.3. The van der Waals surface area contributed by atoms with Crippen molar-refractivity contribution < 1.29 is 14.0 Å². The number of carbonyl (C=O) groups excluding carboxylic acids is 2. The molecule has 1 aliphatic rings. The first-order chi connectivity index (χ1) is 11.5. The Bertz CT molecular complexity index is 797. The maximum Gasteiger partial charge on any atom is 0.147 e. The van der Waals surface area contributed by atoms with Crippen LogP contribution in [0, 0.1) is 5.82 Å². The van der Waals surface area contributed by atoms with Crippen LogP contribution in [0.5, 0.6) is 0 Å². The van der Waals surface area contributed by atoms with Crippen molar-refractivity contribution in [2.45, 2.75) is 38.5 Å². The van der Waals surface area contributed by atoms with E-state index >= 15 is 0 Å². The van der Waals surface area contributed by atoms with Gasteiger partial charge in [-0.05, 0) is 53.3 Å². The molecule has 2 nitrogen and oxygen atoms in total. The third-order valence-corrected chi connectivity index (χ3v) is 4.89. The van der Waals surface area contributed by atoms with Gasteiger partial charge in [-0.3, -0.25) is 9.59 Å². The van der Waals surface area contributed by atoms with E-state index in [0.717, 1.165) is 23.1 Å². The summed E-state index contributed by atoms with van der Waals surface area (Å²) < 4.78 is 13.7.